The van der Waals surface area contributed by atoms with Crippen LogP contribution in [0.25, 0.3) is 0 Å². The fourth-order valence-corrected chi connectivity index (χ4v) is 10.5. The molecule has 6 heteroatoms. The summed E-state index contributed by atoms with van der Waals surface area (Å²) in [5, 5.41) is 0. The molecular weight excluding hydrogens is 729 g/mol. The topological polar surface area (TPSA) is 0 Å². The third-order valence-corrected chi connectivity index (χ3v) is 11.2. The first-order chi connectivity index (χ1) is 13.1. The Kier molecular flexibility index (Phi) is 7.68. The molecule has 0 atom stereocenters. The average Bonchev–Trinajstić information content (AvgIpc) is 2.68. The van der Waals surface area contributed by atoms with Gasteiger partial charge in [0, 0.05) is 10.7 Å². The Hall–Kier alpha value is 0.900. The number of benzene rings is 3. The van der Waals surface area contributed by atoms with Crippen LogP contribution >= 0.6 is 103 Å². The molecule has 0 radical (unpaired) electrons. The zero-order valence-electron chi connectivity index (χ0n) is 14.0. The summed E-state index contributed by atoms with van der Waals surface area (Å²) in [4.78, 5) is 0. The Morgan fingerprint density at radius 2 is 0.778 bits per heavy atom. The van der Waals surface area contributed by atoms with Gasteiger partial charge in [-0.05, 0) is 121 Å². The molecule has 0 unspecified atom stereocenters. The quantitative estimate of drug-likeness (QED) is 0.246. The van der Waals surface area contributed by atoms with Crippen LogP contribution in [0.1, 0.15) is 30.4 Å². The standard InChI is InChI=1S/C21H15I3S3/c22-16-7-1-4-13(10-16)19-25-20(14-5-2-8-17(23)11-14)27-21(26-19)15-6-3-9-18(24)12-15/h1-12,19-21H. The van der Waals surface area contributed by atoms with Gasteiger partial charge in [-0.2, -0.15) is 0 Å². The summed E-state index contributed by atoms with van der Waals surface area (Å²) in [6, 6.07) is 26.9. The van der Waals surface area contributed by atoms with Gasteiger partial charge in [0.1, 0.15) is 0 Å². The lowest BCUT2D eigenvalue weighted by atomic mass is 10.2. The van der Waals surface area contributed by atoms with Crippen molar-refractivity contribution in [3.05, 3.63) is 100 Å². The first kappa shape index (κ1) is 21.1. The van der Waals surface area contributed by atoms with Crippen LogP contribution in [0.3, 0.4) is 0 Å². The van der Waals surface area contributed by atoms with Gasteiger partial charge in [0.25, 0.3) is 0 Å². The van der Waals surface area contributed by atoms with Crippen LogP contribution in [-0.4, -0.2) is 0 Å². The van der Waals surface area contributed by atoms with E-state index in [-0.39, 0.29) is 0 Å². The Balaban J connectivity index is 1.70. The maximum Gasteiger partial charge on any atom is 0.0780 e. The average molecular weight is 744 g/mol. The number of thioether (sulfide) groups is 3. The van der Waals surface area contributed by atoms with E-state index in [1.165, 1.54) is 27.4 Å². The van der Waals surface area contributed by atoms with E-state index in [4.69, 9.17) is 0 Å². The number of hydrogen-bond donors (Lipinski definition) is 0. The van der Waals surface area contributed by atoms with Gasteiger partial charge < -0.3 is 0 Å². The van der Waals surface area contributed by atoms with E-state index < -0.39 is 0 Å². The van der Waals surface area contributed by atoms with Gasteiger partial charge in [0.05, 0.1) is 13.7 Å². The van der Waals surface area contributed by atoms with Crippen LogP contribution in [0, 0.1) is 10.7 Å². The van der Waals surface area contributed by atoms with Gasteiger partial charge in [0.2, 0.25) is 0 Å². The Bertz CT molecular complexity index is 819. The summed E-state index contributed by atoms with van der Waals surface area (Å²) < 4.78 is 5.23. The monoisotopic (exact) mass is 744 g/mol. The first-order valence-corrected chi connectivity index (χ1v) is 14.4. The molecule has 0 N–H and O–H groups in total. The molecule has 138 valence electrons. The lowest BCUT2D eigenvalue weighted by Gasteiger charge is -2.34. The van der Waals surface area contributed by atoms with Crippen molar-refractivity contribution in [2.75, 3.05) is 0 Å². The summed E-state index contributed by atoms with van der Waals surface area (Å²) in [6.07, 6.45) is 0. The van der Waals surface area contributed by atoms with Gasteiger partial charge in [-0.15, -0.1) is 35.3 Å². The highest BCUT2D eigenvalue weighted by Crippen LogP contribution is 2.66. The van der Waals surface area contributed by atoms with Crippen molar-refractivity contribution in [3.63, 3.8) is 0 Å². The second kappa shape index (κ2) is 9.80. The highest BCUT2D eigenvalue weighted by atomic mass is 127. The summed E-state index contributed by atoms with van der Waals surface area (Å²) in [7, 11) is 0. The SMILES string of the molecule is Ic1cccc(C2SC(c3cccc(I)c3)SC(c3cccc(I)c3)S2)c1. The fourth-order valence-electron chi connectivity index (χ4n) is 2.86. The second-order valence-electron chi connectivity index (χ2n) is 6.07. The Labute approximate surface area is 214 Å². The van der Waals surface area contributed by atoms with Crippen molar-refractivity contribution >= 4 is 103 Å². The molecule has 1 aliphatic heterocycles. The molecule has 0 aliphatic carbocycles. The molecule has 0 saturated carbocycles. The van der Waals surface area contributed by atoms with Crippen molar-refractivity contribution < 1.29 is 0 Å². The van der Waals surface area contributed by atoms with E-state index in [2.05, 4.69) is 176 Å². The smallest absolute Gasteiger partial charge is 0.0780 e. The largest absolute Gasteiger partial charge is 0.123 e. The van der Waals surface area contributed by atoms with Crippen molar-refractivity contribution in [1.29, 1.82) is 0 Å². The third-order valence-electron chi connectivity index (χ3n) is 4.10. The normalized spacial score (nSPS) is 22.6. The minimum atomic E-state index is 0.437. The Morgan fingerprint density at radius 1 is 0.481 bits per heavy atom. The van der Waals surface area contributed by atoms with Crippen LogP contribution in [0.15, 0.2) is 72.8 Å². The van der Waals surface area contributed by atoms with Gasteiger partial charge in [0.15, 0.2) is 0 Å². The summed E-state index contributed by atoms with van der Waals surface area (Å²) in [6.45, 7) is 0. The molecule has 0 spiro atoms. The highest BCUT2D eigenvalue weighted by molar-refractivity contribution is 14.1. The lowest BCUT2D eigenvalue weighted by Crippen LogP contribution is -2.06. The lowest BCUT2D eigenvalue weighted by molar-refractivity contribution is 1.25. The maximum absolute atomic E-state index is 2.42. The zero-order valence-corrected chi connectivity index (χ0v) is 22.9. The molecule has 0 amide bonds. The predicted molar refractivity (Wildman–Crippen MR) is 148 cm³/mol. The van der Waals surface area contributed by atoms with Crippen LogP contribution in [-0.2, 0) is 0 Å². The van der Waals surface area contributed by atoms with Gasteiger partial charge in [-0.3, -0.25) is 0 Å². The molecule has 4 rings (SSSR count). The van der Waals surface area contributed by atoms with Gasteiger partial charge >= 0.3 is 0 Å². The molecule has 1 aliphatic rings. The van der Waals surface area contributed by atoms with Crippen molar-refractivity contribution in [2.45, 2.75) is 13.7 Å². The minimum Gasteiger partial charge on any atom is -0.123 e. The predicted octanol–water partition coefficient (Wildman–Crippen LogP) is 9.11. The number of hydrogen-bond acceptors (Lipinski definition) is 3. The second-order valence-corrected chi connectivity index (χ2v) is 14.3. The molecule has 1 fully saturated rings. The molecular formula is C21H15I3S3. The molecule has 1 heterocycles. The van der Waals surface area contributed by atoms with Crippen LogP contribution < -0.4 is 0 Å². The molecule has 3 aromatic rings. The van der Waals surface area contributed by atoms with Gasteiger partial charge in [-0.1, -0.05) is 36.4 Å². The van der Waals surface area contributed by atoms with Crippen molar-refractivity contribution in [1.82, 2.24) is 0 Å². The third kappa shape index (κ3) is 5.53. The maximum atomic E-state index is 2.42. The van der Waals surface area contributed by atoms with Gasteiger partial charge in [-0.25, -0.2) is 0 Å². The fraction of sp³-hybridized carbons (Fsp3) is 0.143. The van der Waals surface area contributed by atoms with E-state index >= 15 is 0 Å². The van der Waals surface area contributed by atoms with Crippen LogP contribution in [0.5, 0.6) is 0 Å². The highest BCUT2D eigenvalue weighted by Gasteiger charge is 2.33. The van der Waals surface area contributed by atoms with E-state index in [1.54, 1.807) is 0 Å². The zero-order chi connectivity index (χ0) is 18.8. The van der Waals surface area contributed by atoms with Crippen molar-refractivity contribution in [3.8, 4) is 0 Å². The number of halogens is 3. The molecule has 1 saturated heterocycles. The first-order valence-electron chi connectivity index (χ1n) is 8.31. The Morgan fingerprint density at radius 3 is 1.04 bits per heavy atom. The summed E-state index contributed by atoms with van der Waals surface area (Å²) in [5.74, 6) is 0. The van der Waals surface area contributed by atoms with E-state index in [0.717, 1.165) is 0 Å². The van der Waals surface area contributed by atoms with E-state index in [9.17, 15) is 0 Å². The van der Waals surface area contributed by atoms with Crippen LogP contribution in [0.2, 0.25) is 0 Å². The summed E-state index contributed by atoms with van der Waals surface area (Å²) >= 11 is 13.5. The van der Waals surface area contributed by atoms with E-state index in [1.807, 2.05) is 0 Å². The van der Waals surface area contributed by atoms with Crippen molar-refractivity contribution in [2.24, 2.45) is 0 Å². The molecule has 0 nitrogen and oxygen atoms in total. The number of rotatable bonds is 3. The molecule has 0 aromatic heterocycles. The molecule has 3 aromatic carbocycles. The molecule has 27 heavy (non-hydrogen) atoms. The van der Waals surface area contributed by atoms with E-state index in [0.29, 0.717) is 13.7 Å². The van der Waals surface area contributed by atoms with Crippen LogP contribution in [0.4, 0.5) is 0 Å². The summed E-state index contributed by atoms with van der Waals surface area (Å²) in [5.41, 5.74) is 4.26. The minimum absolute atomic E-state index is 0.437. The molecule has 0 bridgehead atoms.